The summed E-state index contributed by atoms with van der Waals surface area (Å²) in [6.45, 7) is 2.00. The molecule has 16 heavy (non-hydrogen) atoms. The van der Waals surface area contributed by atoms with Crippen molar-refractivity contribution in [3.8, 4) is 0 Å². The maximum atomic E-state index is 10.4. The summed E-state index contributed by atoms with van der Waals surface area (Å²) >= 11 is 0. The minimum Gasteiger partial charge on any atom is -0.481 e. The molecule has 88 valence electrons. The lowest BCUT2D eigenvalue weighted by Gasteiger charge is -2.04. The molecule has 0 saturated carbocycles. The van der Waals surface area contributed by atoms with E-state index in [1.54, 1.807) is 0 Å². The van der Waals surface area contributed by atoms with Gasteiger partial charge in [-0.05, 0) is 19.8 Å². The maximum absolute atomic E-state index is 10.4. The third kappa shape index (κ3) is 2.57. The molecule has 1 aromatic heterocycles. The van der Waals surface area contributed by atoms with Crippen LogP contribution in [0.15, 0.2) is 4.42 Å². The molecule has 0 spiro atoms. The first kappa shape index (κ1) is 11.1. The molecule has 1 saturated heterocycles. The first-order valence-corrected chi connectivity index (χ1v) is 5.34. The molecule has 1 aliphatic rings. The van der Waals surface area contributed by atoms with Gasteiger partial charge < -0.3 is 14.3 Å². The number of hydrogen-bond acceptors (Lipinski definition) is 5. The van der Waals surface area contributed by atoms with E-state index in [1.807, 2.05) is 6.92 Å². The molecule has 0 radical (unpaired) electrons. The number of aryl methyl sites for hydroxylation is 1. The van der Waals surface area contributed by atoms with Gasteiger partial charge in [0, 0.05) is 6.42 Å². The molecule has 0 aromatic carbocycles. The van der Waals surface area contributed by atoms with Crippen LogP contribution in [0.1, 0.15) is 44.1 Å². The number of hydrogen-bond donors (Lipinski definition) is 1. The van der Waals surface area contributed by atoms with E-state index < -0.39 is 5.97 Å². The Morgan fingerprint density at radius 1 is 1.50 bits per heavy atom. The van der Waals surface area contributed by atoms with Crippen LogP contribution in [0.2, 0.25) is 0 Å². The topological polar surface area (TPSA) is 85.5 Å². The number of carboxylic acid groups (broad SMARTS) is 1. The van der Waals surface area contributed by atoms with Gasteiger partial charge in [0.2, 0.25) is 11.8 Å². The van der Waals surface area contributed by atoms with Crippen molar-refractivity contribution in [3.63, 3.8) is 0 Å². The van der Waals surface area contributed by atoms with Gasteiger partial charge in [0.15, 0.2) is 0 Å². The standard InChI is InChI=1S/C10H14N2O4/c1-6-2-3-7(15-6)10-12-11-8(16-10)4-5-9(13)14/h6-7H,2-5H2,1H3,(H,13,14). The van der Waals surface area contributed by atoms with E-state index in [0.29, 0.717) is 11.8 Å². The van der Waals surface area contributed by atoms with E-state index >= 15 is 0 Å². The van der Waals surface area contributed by atoms with E-state index in [2.05, 4.69) is 10.2 Å². The van der Waals surface area contributed by atoms with Crippen molar-refractivity contribution >= 4 is 5.97 Å². The third-order valence-electron chi connectivity index (χ3n) is 2.54. The van der Waals surface area contributed by atoms with Gasteiger partial charge in [-0.25, -0.2) is 0 Å². The average Bonchev–Trinajstić information content (AvgIpc) is 2.83. The van der Waals surface area contributed by atoms with Crippen molar-refractivity contribution in [1.82, 2.24) is 10.2 Å². The quantitative estimate of drug-likeness (QED) is 0.833. The molecule has 2 rings (SSSR count). The van der Waals surface area contributed by atoms with Gasteiger partial charge in [-0.3, -0.25) is 4.79 Å². The summed E-state index contributed by atoms with van der Waals surface area (Å²) in [6, 6.07) is 0. The highest BCUT2D eigenvalue weighted by atomic mass is 16.5. The molecule has 1 aliphatic heterocycles. The number of nitrogens with zero attached hydrogens (tertiary/aromatic N) is 2. The lowest BCUT2D eigenvalue weighted by Crippen LogP contribution is -2.01. The molecule has 0 aliphatic carbocycles. The van der Waals surface area contributed by atoms with Crippen molar-refractivity contribution < 1.29 is 19.1 Å². The highest BCUT2D eigenvalue weighted by Gasteiger charge is 2.27. The average molecular weight is 226 g/mol. The monoisotopic (exact) mass is 226 g/mol. The fourth-order valence-corrected chi connectivity index (χ4v) is 1.70. The molecular weight excluding hydrogens is 212 g/mol. The predicted octanol–water partition coefficient (Wildman–Crippen LogP) is 1.33. The van der Waals surface area contributed by atoms with Crippen LogP contribution in [0.5, 0.6) is 0 Å². The fourth-order valence-electron chi connectivity index (χ4n) is 1.70. The smallest absolute Gasteiger partial charge is 0.303 e. The Balaban J connectivity index is 1.94. The van der Waals surface area contributed by atoms with Crippen LogP contribution in [-0.4, -0.2) is 27.4 Å². The Hall–Kier alpha value is -1.43. The molecule has 6 nitrogen and oxygen atoms in total. The van der Waals surface area contributed by atoms with Gasteiger partial charge in [-0.2, -0.15) is 0 Å². The Labute approximate surface area is 92.6 Å². The summed E-state index contributed by atoms with van der Waals surface area (Å²) < 4.78 is 10.9. The van der Waals surface area contributed by atoms with Crippen LogP contribution in [0.3, 0.4) is 0 Å². The molecule has 2 atom stereocenters. The first-order valence-electron chi connectivity index (χ1n) is 5.34. The number of carboxylic acids is 1. The molecule has 2 heterocycles. The second-order valence-electron chi connectivity index (χ2n) is 3.94. The first-order chi connectivity index (χ1) is 7.65. The molecule has 6 heteroatoms. The van der Waals surface area contributed by atoms with Gasteiger partial charge in [0.1, 0.15) is 6.10 Å². The molecule has 2 unspecified atom stereocenters. The summed E-state index contributed by atoms with van der Waals surface area (Å²) in [5.41, 5.74) is 0. The summed E-state index contributed by atoms with van der Waals surface area (Å²) in [4.78, 5) is 10.4. The van der Waals surface area contributed by atoms with Gasteiger partial charge in [-0.15, -0.1) is 10.2 Å². The van der Waals surface area contributed by atoms with E-state index in [1.165, 1.54) is 0 Å². The molecule has 0 amide bonds. The predicted molar refractivity (Wildman–Crippen MR) is 52.8 cm³/mol. The Morgan fingerprint density at radius 3 is 2.94 bits per heavy atom. The van der Waals surface area contributed by atoms with Crippen LogP contribution in [0.25, 0.3) is 0 Å². The van der Waals surface area contributed by atoms with Gasteiger partial charge in [0.05, 0.1) is 12.5 Å². The van der Waals surface area contributed by atoms with E-state index in [-0.39, 0.29) is 25.0 Å². The summed E-state index contributed by atoms with van der Waals surface area (Å²) in [7, 11) is 0. The van der Waals surface area contributed by atoms with E-state index in [0.717, 1.165) is 12.8 Å². The highest BCUT2D eigenvalue weighted by Crippen LogP contribution is 2.31. The van der Waals surface area contributed by atoms with E-state index in [4.69, 9.17) is 14.3 Å². The van der Waals surface area contributed by atoms with Gasteiger partial charge in [-0.1, -0.05) is 0 Å². The van der Waals surface area contributed by atoms with E-state index in [9.17, 15) is 4.79 Å². The molecule has 1 fully saturated rings. The minimum absolute atomic E-state index is 0.00353. The van der Waals surface area contributed by atoms with Crippen molar-refractivity contribution in [1.29, 1.82) is 0 Å². The van der Waals surface area contributed by atoms with Crippen molar-refractivity contribution in [2.75, 3.05) is 0 Å². The lowest BCUT2D eigenvalue weighted by atomic mass is 10.2. The zero-order valence-corrected chi connectivity index (χ0v) is 9.05. The second kappa shape index (κ2) is 4.61. The Morgan fingerprint density at radius 2 is 2.31 bits per heavy atom. The normalized spacial score (nSPS) is 24.8. The van der Waals surface area contributed by atoms with Crippen molar-refractivity contribution in [2.45, 2.75) is 44.8 Å². The van der Waals surface area contributed by atoms with Gasteiger partial charge >= 0.3 is 5.97 Å². The SMILES string of the molecule is CC1CCC(c2nnc(CCC(=O)O)o2)O1. The number of aromatic nitrogens is 2. The number of carbonyl (C=O) groups is 1. The largest absolute Gasteiger partial charge is 0.481 e. The summed E-state index contributed by atoms with van der Waals surface area (Å²) in [5.74, 6) is -0.0456. The highest BCUT2D eigenvalue weighted by molar-refractivity contribution is 5.66. The lowest BCUT2D eigenvalue weighted by molar-refractivity contribution is -0.137. The number of rotatable bonds is 4. The summed E-state index contributed by atoms with van der Waals surface area (Å²) in [5, 5.41) is 16.2. The Bertz CT molecular complexity index is 377. The van der Waals surface area contributed by atoms with Crippen LogP contribution in [0, 0.1) is 0 Å². The minimum atomic E-state index is -0.870. The zero-order chi connectivity index (χ0) is 11.5. The number of aliphatic carboxylic acids is 1. The molecule has 1 aromatic rings. The molecule has 1 N–H and O–H groups in total. The van der Waals surface area contributed by atoms with Crippen LogP contribution in [-0.2, 0) is 16.0 Å². The Kier molecular flexibility index (Phi) is 3.19. The third-order valence-corrected chi connectivity index (χ3v) is 2.54. The van der Waals surface area contributed by atoms with Crippen LogP contribution in [0.4, 0.5) is 0 Å². The fraction of sp³-hybridized carbons (Fsp3) is 0.700. The summed E-state index contributed by atoms with van der Waals surface area (Å²) in [6.07, 6.45) is 2.23. The maximum Gasteiger partial charge on any atom is 0.303 e. The van der Waals surface area contributed by atoms with Crippen molar-refractivity contribution in [3.05, 3.63) is 11.8 Å². The number of ether oxygens (including phenoxy) is 1. The second-order valence-corrected chi connectivity index (χ2v) is 3.94. The molecule has 0 bridgehead atoms. The van der Waals surface area contributed by atoms with Crippen LogP contribution >= 0.6 is 0 Å². The van der Waals surface area contributed by atoms with Crippen molar-refractivity contribution in [2.24, 2.45) is 0 Å². The molecular formula is C10H14N2O4. The van der Waals surface area contributed by atoms with Crippen LogP contribution < -0.4 is 0 Å². The zero-order valence-electron chi connectivity index (χ0n) is 9.05. The van der Waals surface area contributed by atoms with Gasteiger partial charge in [0.25, 0.3) is 0 Å².